The molecule has 1 fully saturated rings. The minimum absolute atomic E-state index is 0.0562. The predicted molar refractivity (Wildman–Crippen MR) is 92.7 cm³/mol. The van der Waals surface area contributed by atoms with Gasteiger partial charge in [0.1, 0.15) is 0 Å². The Morgan fingerprint density at radius 3 is 2.75 bits per heavy atom. The average Bonchev–Trinajstić information content (AvgIpc) is 2.88. The van der Waals surface area contributed by atoms with E-state index in [4.69, 9.17) is 0 Å². The Kier molecular flexibility index (Phi) is 4.60. The van der Waals surface area contributed by atoms with Crippen LogP contribution in [0.15, 0.2) is 30.5 Å². The molecule has 1 aromatic carbocycles. The van der Waals surface area contributed by atoms with Crippen molar-refractivity contribution in [2.75, 3.05) is 13.1 Å². The molecule has 1 aromatic heterocycles. The lowest BCUT2D eigenvalue weighted by Crippen LogP contribution is -2.45. The van der Waals surface area contributed by atoms with E-state index in [2.05, 4.69) is 22.9 Å². The Morgan fingerprint density at radius 2 is 2.00 bits per heavy atom. The summed E-state index contributed by atoms with van der Waals surface area (Å²) in [4.78, 5) is 25.5. The number of benzene rings is 1. The first-order chi connectivity index (χ1) is 11.5. The summed E-state index contributed by atoms with van der Waals surface area (Å²) in [6.07, 6.45) is 3.84. The van der Waals surface area contributed by atoms with Crippen LogP contribution in [0.25, 0.3) is 10.9 Å². The van der Waals surface area contributed by atoms with Crippen molar-refractivity contribution in [3.8, 4) is 0 Å². The molecule has 1 aliphatic heterocycles. The van der Waals surface area contributed by atoms with E-state index in [1.807, 2.05) is 26.1 Å². The number of carbonyl (C=O) groups is 2. The molecule has 0 aliphatic carbocycles. The summed E-state index contributed by atoms with van der Waals surface area (Å²) >= 11 is 0. The summed E-state index contributed by atoms with van der Waals surface area (Å²) in [6.45, 7) is 3.02. The van der Waals surface area contributed by atoms with Crippen molar-refractivity contribution in [3.05, 3.63) is 36.0 Å². The second-order valence-electron chi connectivity index (χ2n) is 6.96. The van der Waals surface area contributed by atoms with E-state index in [9.17, 15) is 14.7 Å². The number of para-hydroxylation sites is 1. The Morgan fingerprint density at radius 1 is 1.25 bits per heavy atom. The van der Waals surface area contributed by atoms with Crippen LogP contribution in [0.4, 0.5) is 0 Å². The molecule has 3 rings (SSSR count). The number of likely N-dealkylation sites (tertiary alicyclic amines) is 1. The smallest absolute Gasteiger partial charge is 0.308 e. The number of fused-ring (bicyclic) bond motifs is 1. The standard InChI is InChI=1S/C19H24N2O3/c1-13-9-15(19(23)24)12-21(10-13)18(22)8-7-14-11-20(2)17-6-4-3-5-16(14)17/h3-6,11,13,15H,7-10,12H2,1-2H3,(H,23,24). The zero-order valence-electron chi connectivity index (χ0n) is 14.2. The topological polar surface area (TPSA) is 62.5 Å². The van der Waals surface area contributed by atoms with Crippen LogP contribution >= 0.6 is 0 Å². The number of nitrogens with zero attached hydrogens (tertiary/aromatic N) is 2. The summed E-state index contributed by atoms with van der Waals surface area (Å²) < 4.78 is 2.08. The Hall–Kier alpha value is -2.30. The number of aliphatic carboxylic acids is 1. The Balaban J connectivity index is 1.67. The van der Waals surface area contributed by atoms with Gasteiger partial charge in [-0.3, -0.25) is 9.59 Å². The molecule has 24 heavy (non-hydrogen) atoms. The highest BCUT2D eigenvalue weighted by atomic mass is 16.4. The second kappa shape index (κ2) is 6.67. The molecular weight excluding hydrogens is 304 g/mol. The highest BCUT2D eigenvalue weighted by Gasteiger charge is 2.31. The van der Waals surface area contributed by atoms with Gasteiger partial charge in [-0.1, -0.05) is 25.1 Å². The van der Waals surface area contributed by atoms with E-state index < -0.39 is 11.9 Å². The number of aryl methyl sites for hydroxylation is 2. The predicted octanol–water partition coefficient (Wildman–Crippen LogP) is 2.68. The fourth-order valence-electron chi connectivity index (χ4n) is 3.76. The normalized spacial score (nSPS) is 21.2. The van der Waals surface area contributed by atoms with Crippen LogP contribution < -0.4 is 0 Å². The molecule has 1 amide bonds. The van der Waals surface area contributed by atoms with Crippen LogP contribution in [0, 0.1) is 11.8 Å². The molecule has 0 spiro atoms. The van der Waals surface area contributed by atoms with E-state index in [1.165, 1.54) is 10.9 Å². The van der Waals surface area contributed by atoms with Gasteiger partial charge in [-0.15, -0.1) is 0 Å². The van der Waals surface area contributed by atoms with Crippen LogP contribution in [0.1, 0.15) is 25.3 Å². The summed E-state index contributed by atoms with van der Waals surface area (Å²) in [6, 6.07) is 8.18. The number of rotatable bonds is 4. The number of amides is 1. The zero-order valence-corrected chi connectivity index (χ0v) is 14.2. The van der Waals surface area contributed by atoms with Crippen LogP contribution in [0.5, 0.6) is 0 Å². The van der Waals surface area contributed by atoms with E-state index in [-0.39, 0.29) is 11.8 Å². The van der Waals surface area contributed by atoms with E-state index >= 15 is 0 Å². The van der Waals surface area contributed by atoms with Crippen molar-refractivity contribution in [3.63, 3.8) is 0 Å². The molecule has 2 atom stereocenters. The molecule has 5 heteroatoms. The number of hydrogen-bond donors (Lipinski definition) is 1. The third-order valence-corrected chi connectivity index (χ3v) is 4.95. The van der Waals surface area contributed by atoms with Gasteiger partial charge >= 0.3 is 5.97 Å². The minimum Gasteiger partial charge on any atom is -0.481 e. The lowest BCUT2D eigenvalue weighted by atomic mass is 9.90. The van der Waals surface area contributed by atoms with Gasteiger partial charge in [0, 0.05) is 43.7 Å². The minimum atomic E-state index is -0.798. The van der Waals surface area contributed by atoms with Crippen molar-refractivity contribution in [1.82, 2.24) is 9.47 Å². The van der Waals surface area contributed by atoms with Crippen LogP contribution in [0.2, 0.25) is 0 Å². The molecule has 2 unspecified atom stereocenters. The second-order valence-corrected chi connectivity index (χ2v) is 6.96. The fourth-order valence-corrected chi connectivity index (χ4v) is 3.76. The molecule has 1 N–H and O–H groups in total. The van der Waals surface area contributed by atoms with Crippen molar-refractivity contribution in [2.45, 2.75) is 26.2 Å². The Bertz CT molecular complexity index is 765. The SMILES string of the molecule is CC1CC(C(=O)O)CN(C(=O)CCc2cn(C)c3ccccc23)C1. The van der Waals surface area contributed by atoms with Gasteiger partial charge in [0.15, 0.2) is 0 Å². The largest absolute Gasteiger partial charge is 0.481 e. The summed E-state index contributed by atoms with van der Waals surface area (Å²) in [7, 11) is 2.01. The van der Waals surface area contributed by atoms with Crippen molar-refractivity contribution in [2.24, 2.45) is 18.9 Å². The molecule has 2 aromatic rings. The zero-order chi connectivity index (χ0) is 17.3. The number of aromatic nitrogens is 1. The molecule has 0 saturated carbocycles. The number of carboxylic acids is 1. The summed E-state index contributed by atoms with van der Waals surface area (Å²) in [5, 5.41) is 10.4. The van der Waals surface area contributed by atoms with Gasteiger partial charge in [-0.25, -0.2) is 0 Å². The highest BCUT2D eigenvalue weighted by Crippen LogP contribution is 2.24. The van der Waals surface area contributed by atoms with Crippen molar-refractivity contribution in [1.29, 1.82) is 0 Å². The third-order valence-electron chi connectivity index (χ3n) is 4.95. The van der Waals surface area contributed by atoms with E-state index in [0.29, 0.717) is 32.4 Å². The first kappa shape index (κ1) is 16.6. The van der Waals surface area contributed by atoms with E-state index in [0.717, 1.165) is 5.52 Å². The quantitative estimate of drug-likeness (QED) is 0.938. The first-order valence-electron chi connectivity index (χ1n) is 8.49. The molecule has 128 valence electrons. The lowest BCUT2D eigenvalue weighted by Gasteiger charge is -2.34. The van der Waals surface area contributed by atoms with Crippen LogP contribution in [-0.2, 0) is 23.1 Å². The van der Waals surface area contributed by atoms with Crippen LogP contribution in [-0.4, -0.2) is 39.5 Å². The monoisotopic (exact) mass is 328 g/mol. The van der Waals surface area contributed by atoms with Gasteiger partial charge in [0.2, 0.25) is 5.91 Å². The summed E-state index contributed by atoms with van der Waals surface area (Å²) in [5.41, 5.74) is 2.33. The van der Waals surface area contributed by atoms with Gasteiger partial charge in [-0.2, -0.15) is 0 Å². The highest BCUT2D eigenvalue weighted by molar-refractivity contribution is 5.85. The number of carboxylic acid groups (broad SMARTS) is 1. The lowest BCUT2D eigenvalue weighted by molar-refractivity contribution is -0.146. The van der Waals surface area contributed by atoms with Gasteiger partial charge in [-0.05, 0) is 30.4 Å². The average molecular weight is 328 g/mol. The summed E-state index contributed by atoms with van der Waals surface area (Å²) in [5.74, 6) is -0.939. The third kappa shape index (κ3) is 3.30. The van der Waals surface area contributed by atoms with Gasteiger partial charge in [0.05, 0.1) is 5.92 Å². The molecule has 2 heterocycles. The van der Waals surface area contributed by atoms with Gasteiger partial charge in [0.25, 0.3) is 0 Å². The molecule has 0 radical (unpaired) electrons. The molecule has 5 nitrogen and oxygen atoms in total. The van der Waals surface area contributed by atoms with Crippen LogP contribution in [0.3, 0.4) is 0 Å². The first-order valence-corrected chi connectivity index (χ1v) is 8.49. The fraction of sp³-hybridized carbons (Fsp3) is 0.474. The van der Waals surface area contributed by atoms with Crippen molar-refractivity contribution < 1.29 is 14.7 Å². The number of carbonyl (C=O) groups excluding carboxylic acids is 1. The number of piperidine rings is 1. The molecule has 1 aliphatic rings. The number of hydrogen-bond acceptors (Lipinski definition) is 2. The maximum Gasteiger partial charge on any atom is 0.308 e. The molecule has 0 bridgehead atoms. The van der Waals surface area contributed by atoms with Gasteiger partial charge < -0.3 is 14.6 Å². The van der Waals surface area contributed by atoms with Crippen molar-refractivity contribution >= 4 is 22.8 Å². The van der Waals surface area contributed by atoms with E-state index in [1.54, 1.807) is 4.90 Å². The molecular formula is C19H24N2O3. The molecule has 1 saturated heterocycles. The maximum atomic E-state index is 12.6. The maximum absolute atomic E-state index is 12.6. The Labute approximate surface area is 141 Å².